The zero-order chi connectivity index (χ0) is 13.7. The van der Waals surface area contributed by atoms with Crippen LogP contribution < -0.4 is 0 Å². The van der Waals surface area contributed by atoms with Gasteiger partial charge in [0, 0.05) is 6.54 Å². The predicted octanol–water partition coefficient (Wildman–Crippen LogP) is 2.67. The molecule has 0 saturated heterocycles. The molecule has 0 unspecified atom stereocenters. The van der Waals surface area contributed by atoms with E-state index in [2.05, 4.69) is 17.1 Å². The molecule has 0 aliphatic heterocycles. The first-order chi connectivity index (χ1) is 9.15. The molecule has 5 nitrogen and oxygen atoms in total. The van der Waals surface area contributed by atoms with Crippen molar-refractivity contribution in [1.82, 2.24) is 14.8 Å². The Bertz CT molecular complexity index is 414. The monoisotopic (exact) mass is 283 g/mol. The Balaban J connectivity index is 1.79. The molecule has 1 N–H and O–H groups in total. The van der Waals surface area contributed by atoms with Crippen molar-refractivity contribution in [2.24, 2.45) is 11.8 Å². The fraction of sp³-hybridized carbons (Fsp3) is 0.769. The zero-order valence-corrected chi connectivity index (χ0v) is 12.1. The van der Waals surface area contributed by atoms with Gasteiger partial charge in [0.1, 0.15) is 6.33 Å². The number of carboxylic acids is 1. The molecule has 1 fully saturated rings. The van der Waals surface area contributed by atoms with E-state index in [4.69, 9.17) is 5.11 Å². The minimum absolute atomic E-state index is 0.0413. The number of hydrogen-bond donors (Lipinski definition) is 1. The van der Waals surface area contributed by atoms with Crippen molar-refractivity contribution in [3.05, 3.63) is 6.33 Å². The second kappa shape index (κ2) is 6.93. The van der Waals surface area contributed by atoms with Crippen molar-refractivity contribution < 1.29 is 9.90 Å². The van der Waals surface area contributed by atoms with E-state index in [-0.39, 0.29) is 5.75 Å². The van der Waals surface area contributed by atoms with Crippen LogP contribution in [0.4, 0.5) is 0 Å². The van der Waals surface area contributed by atoms with Gasteiger partial charge < -0.3 is 9.67 Å². The lowest BCUT2D eigenvalue weighted by molar-refractivity contribution is -0.133. The van der Waals surface area contributed by atoms with E-state index in [9.17, 15) is 4.79 Å². The maximum Gasteiger partial charge on any atom is 0.313 e. The maximum absolute atomic E-state index is 10.6. The average molecular weight is 283 g/mol. The molecule has 1 heterocycles. The first-order valence-corrected chi connectivity index (χ1v) is 7.86. The third kappa shape index (κ3) is 4.53. The third-order valence-corrected chi connectivity index (χ3v) is 4.78. The van der Waals surface area contributed by atoms with Gasteiger partial charge in [-0.2, -0.15) is 0 Å². The number of nitrogens with zero attached hydrogens (tertiary/aromatic N) is 3. The quantitative estimate of drug-likeness (QED) is 0.813. The Morgan fingerprint density at radius 3 is 2.89 bits per heavy atom. The number of carboxylic acid groups (broad SMARTS) is 1. The molecule has 0 atom stereocenters. The van der Waals surface area contributed by atoms with Gasteiger partial charge in [0.2, 0.25) is 0 Å². The van der Waals surface area contributed by atoms with Gasteiger partial charge in [0.15, 0.2) is 5.16 Å². The topological polar surface area (TPSA) is 68.0 Å². The largest absolute Gasteiger partial charge is 0.481 e. The lowest BCUT2D eigenvalue weighted by Crippen LogP contribution is -2.14. The summed E-state index contributed by atoms with van der Waals surface area (Å²) in [6.07, 6.45) is 8.17. The van der Waals surface area contributed by atoms with Gasteiger partial charge in [-0.25, -0.2) is 0 Å². The van der Waals surface area contributed by atoms with Crippen LogP contribution in [0.15, 0.2) is 11.5 Å². The van der Waals surface area contributed by atoms with E-state index in [1.807, 2.05) is 4.57 Å². The van der Waals surface area contributed by atoms with Crippen LogP contribution >= 0.6 is 11.8 Å². The van der Waals surface area contributed by atoms with Crippen LogP contribution in [-0.4, -0.2) is 31.6 Å². The molecular weight excluding hydrogens is 262 g/mol. The molecule has 1 saturated carbocycles. The summed E-state index contributed by atoms with van der Waals surface area (Å²) in [5.74, 6) is 0.907. The number of thioether (sulfide) groups is 1. The van der Waals surface area contributed by atoms with Crippen molar-refractivity contribution in [3.63, 3.8) is 0 Å². The Labute approximate surface area is 117 Å². The number of aryl methyl sites for hydroxylation is 1. The summed E-state index contributed by atoms with van der Waals surface area (Å²) in [6, 6.07) is 0. The lowest BCUT2D eigenvalue weighted by Gasteiger charge is -2.26. The van der Waals surface area contributed by atoms with E-state index in [0.29, 0.717) is 5.16 Å². The van der Waals surface area contributed by atoms with Crippen LogP contribution in [-0.2, 0) is 11.3 Å². The molecule has 106 valence electrons. The molecule has 1 aliphatic carbocycles. The molecular formula is C13H21N3O2S. The van der Waals surface area contributed by atoms with E-state index in [0.717, 1.165) is 24.8 Å². The third-order valence-electron chi connectivity index (χ3n) is 3.82. The number of hydrogen-bond acceptors (Lipinski definition) is 4. The highest BCUT2D eigenvalue weighted by atomic mass is 32.2. The Hall–Kier alpha value is -1.04. The van der Waals surface area contributed by atoms with Crippen LogP contribution in [0.5, 0.6) is 0 Å². The number of carbonyl (C=O) groups is 1. The second-order valence-corrected chi connectivity index (χ2v) is 6.35. The summed E-state index contributed by atoms with van der Waals surface area (Å²) < 4.78 is 1.98. The van der Waals surface area contributed by atoms with Crippen LogP contribution in [0.1, 0.15) is 39.0 Å². The molecule has 19 heavy (non-hydrogen) atoms. The van der Waals surface area contributed by atoms with Crippen LogP contribution in [0.25, 0.3) is 0 Å². The smallest absolute Gasteiger partial charge is 0.313 e. The highest BCUT2D eigenvalue weighted by molar-refractivity contribution is 7.99. The van der Waals surface area contributed by atoms with Crippen molar-refractivity contribution in [3.8, 4) is 0 Å². The highest BCUT2D eigenvalue weighted by Crippen LogP contribution is 2.30. The van der Waals surface area contributed by atoms with E-state index in [1.54, 1.807) is 6.33 Å². The number of aliphatic carboxylic acids is 1. The molecule has 1 aromatic heterocycles. The van der Waals surface area contributed by atoms with Gasteiger partial charge >= 0.3 is 5.97 Å². The Morgan fingerprint density at radius 2 is 2.21 bits per heavy atom. The van der Waals surface area contributed by atoms with Crippen LogP contribution in [0.3, 0.4) is 0 Å². The molecule has 1 aliphatic rings. The van der Waals surface area contributed by atoms with Gasteiger partial charge in [-0.15, -0.1) is 10.2 Å². The molecule has 0 amide bonds. The summed E-state index contributed by atoms with van der Waals surface area (Å²) in [4.78, 5) is 10.6. The van der Waals surface area contributed by atoms with E-state index >= 15 is 0 Å². The zero-order valence-electron chi connectivity index (χ0n) is 11.3. The highest BCUT2D eigenvalue weighted by Gasteiger charge is 2.18. The van der Waals surface area contributed by atoms with Gasteiger partial charge in [-0.3, -0.25) is 4.79 Å². The number of rotatable bonds is 6. The van der Waals surface area contributed by atoms with E-state index < -0.39 is 5.97 Å². The van der Waals surface area contributed by atoms with Gasteiger partial charge in [-0.1, -0.05) is 44.4 Å². The second-order valence-electron chi connectivity index (χ2n) is 5.40. The summed E-state index contributed by atoms with van der Waals surface area (Å²) in [7, 11) is 0. The molecule has 0 radical (unpaired) electrons. The Kier molecular flexibility index (Phi) is 5.24. The van der Waals surface area contributed by atoms with Crippen molar-refractivity contribution >= 4 is 17.7 Å². The van der Waals surface area contributed by atoms with Crippen LogP contribution in [0, 0.1) is 11.8 Å². The lowest BCUT2D eigenvalue weighted by atomic mass is 9.81. The molecule has 0 aromatic carbocycles. The van der Waals surface area contributed by atoms with Crippen LogP contribution in [0.2, 0.25) is 0 Å². The summed E-state index contributed by atoms with van der Waals surface area (Å²) in [6.45, 7) is 3.23. The molecule has 2 rings (SSSR count). The van der Waals surface area contributed by atoms with Gasteiger partial charge in [-0.05, 0) is 18.3 Å². The number of aromatic nitrogens is 3. The molecule has 0 bridgehead atoms. The van der Waals surface area contributed by atoms with E-state index in [1.165, 1.54) is 37.4 Å². The minimum atomic E-state index is -0.819. The first-order valence-electron chi connectivity index (χ1n) is 6.87. The van der Waals surface area contributed by atoms with Crippen molar-refractivity contribution in [2.75, 3.05) is 5.75 Å². The first kappa shape index (κ1) is 14.4. The minimum Gasteiger partial charge on any atom is -0.481 e. The fourth-order valence-electron chi connectivity index (χ4n) is 2.58. The maximum atomic E-state index is 10.6. The normalized spacial score (nSPS) is 23.4. The summed E-state index contributed by atoms with van der Waals surface area (Å²) in [5, 5.41) is 17.2. The summed E-state index contributed by atoms with van der Waals surface area (Å²) in [5.41, 5.74) is 0. The van der Waals surface area contributed by atoms with Gasteiger partial charge in [0.05, 0.1) is 5.75 Å². The predicted molar refractivity (Wildman–Crippen MR) is 74.1 cm³/mol. The SMILES string of the molecule is CC1CCC(CCn2cnnc2SCC(=O)O)CC1. The van der Waals surface area contributed by atoms with Crippen molar-refractivity contribution in [1.29, 1.82) is 0 Å². The Morgan fingerprint density at radius 1 is 1.47 bits per heavy atom. The summed E-state index contributed by atoms with van der Waals surface area (Å²) >= 11 is 1.24. The van der Waals surface area contributed by atoms with Crippen molar-refractivity contribution in [2.45, 2.75) is 50.7 Å². The average Bonchev–Trinajstić information content (AvgIpc) is 2.83. The molecule has 1 aromatic rings. The standard InChI is InChI=1S/C13H21N3O2S/c1-10-2-4-11(5-3-10)6-7-16-9-14-15-13(16)19-8-12(17)18/h9-11H,2-8H2,1H3,(H,17,18). The van der Waals surface area contributed by atoms with Gasteiger partial charge in [0.25, 0.3) is 0 Å². The fourth-order valence-corrected chi connectivity index (χ4v) is 3.24. The molecule has 6 heteroatoms. The molecule has 0 spiro atoms.